The third kappa shape index (κ3) is 3.88. The first-order valence-corrected chi connectivity index (χ1v) is 9.72. The highest BCUT2D eigenvalue weighted by Gasteiger charge is 2.34. The molecule has 0 saturated carbocycles. The van der Waals surface area contributed by atoms with Crippen molar-refractivity contribution in [3.05, 3.63) is 58.6 Å². The highest BCUT2D eigenvalue weighted by atomic mass is 35.5. The van der Waals surface area contributed by atoms with Gasteiger partial charge in [-0.25, -0.2) is 8.78 Å². The van der Waals surface area contributed by atoms with Gasteiger partial charge in [-0.05, 0) is 53.9 Å². The number of benzene rings is 2. The number of aromatic nitrogens is 1. The summed E-state index contributed by atoms with van der Waals surface area (Å²) in [7, 11) is 0. The molecule has 2 atom stereocenters. The van der Waals surface area contributed by atoms with E-state index in [9.17, 15) is 23.5 Å². The molecule has 9 heteroatoms. The molecule has 2 amide bonds. The minimum atomic E-state index is -0.996. The molecular weight excluding hydrogens is 416 g/mol. The second-order valence-corrected chi connectivity index (χ2v) is 7.59. The lowest BCUT2D eigenvalue weighted by Gasteiger charge is -2.14. The van der Waals surface area contributed by atoms with Gasteiger partial charge in [-0.1, -0.05) is 11.6 Å². The molecule has 0 aliphatic carbocycles. The van der Waals surface area contributed by atoms with Crippen LogP contribution in [0.4, 0.5) is 8.78 Å². The number of β-amino-alcohol motifs (C(OH)–C–C–N with tert-alkyl or cyclic N) is 1. The number of nitrogens with one attached hydrogen (secondary N) is 3. The lowest BCUT2D eigenvalue weighted by atomic mass is 10.0. The Bertz CT molecular complexity index is 1130. The van der Waals surface area contributed by atoms with Crippen LogP contribution >= 0.6 is 11.6 Å². The van der Waals surface area contributed by atoms with Crippen molar-refractivity contribution in [2.75, 3.05) is 6.54 Å². The molecule has 1 fully saturated rings. The Morgan fingerprint density at radius 1 is 1.23 bits per heavy atom. The first kappa shape index (κ1) is 20.3. The second-order valence-electron chi connectivity index (χ2n) is 7.15. The number of rotatable bonds is 5. The van der Waals surface area contributed by atoms with Gasteiger partial charge in [-0.2, -0.15) is 0 Å². The third-order valence-corrected chi connectivity index (χ3v) is 5.35. The smallest absolute Gasteiger partial charge is 0.245 e. The van der Waals surface area contributed by atoms with Gasteiger partial charge >= 0.3 is 0 Å². The summed E-state index contributed by atoms with van der Waals surface area (Å²) in [6.45, 7) is 0.0821. The molecule has 6 nitrogen and oxygen atoms in total. The van der Waals surface area contributed by atoms with E-state index in [0.717, 1.165) is 0 Å². The minimum absolute atomic E-state index is 0.00815. The van der Waals surface area contributed by atoms with Gasteiger partial charge in [-0.15, -0.1) is 0 Å². The molecule has 4 N–H and O–H groups in total. The van der Waals surface area contributed by atoms with Crippen molar-refractivity contribution in [2.45, 2.75) is 25.0 Å². The number of aryl methyl sites for hydroxylation is 1. The van der Waals surface area contributed by atoms with Crippen molar-refractivity contribution in [1.82, 2.24) is 15.6 Å². The highest BCUT2D eigenvalue weighted by Crippen LogP contribution is 2.34. The van der Waals surface area contributed by atoms with Gasteiger partial charge in [0, 0.05) is 29.1 Å². The lowest BCUT2D eigenvalue weighted by Crippen LogP contribution is -2.45. The normalized spacial score (nSPS) is 18.6. The molecule has 0 unspecified atom stereocenters. The van der Waals surface area contributed by atoms with E-state index < -0.39 is 35.6 Å². The van der Waals surface area contributed by atoms with Gasteiger partial charge in [-0.3, -0.25) is 9.59 Å². The third-order valence-electron chi connectivity index (χ3n) is 5.14. The first-order valence-electron chi connectivity index (χ1n) is 9.34. The number of halogens is 3. The molecule has 2 aromatic carbocycles. The number of fused-ring (bicyclic) bond motifs is 1. The zero-order chi connectivity index (χ0) is 21.4. The molecule has 1 aromatic heterocycles. The van der Waals surface area contributed by atoms with Crippen LogP contribution in [0.5, 0.6) is 0 Å². The van der Waals surface area contributed by atoms with Gasteiger partial charge in [0.15, 0.2) is 0 Å². The molecule has 0 radical (unpaired) electrons. The molecule has 0 bridgehead atoms. The number of carbonyl (C=O) groups excluding carboxylic acids is 2. The maximum absolute atomic E-state index is 14.4. The molecule has 2 heterocycles. The summed E-state index contributed by atoms with van der Waals surface area (Å²) in [5.41, 5.74) is 2.06. The predicted octanol–water partition coefficient (Wildman–Crippen LogP) is 2.67. The van der Waals surface area contributed by atoms with Crippen molar-refractivity contribution in [2.24, 2.45) is 0 Å². The van der Waals surface area contributed by atoms with Crippen molar-refractivity contribution >= 4 is 34.3 Å². The highest BCUT2D eigenvalue weighted by molar-refractivity contribution is 6.31. The molecule has 4 rings (SSSR count). The standard InChI is InChI=1S/C21H18ClF2N3O3/c22-11-7-14-13(5-6-17(29)26-20-16(28)9-25-21(20)30)18(27-19(14)15(24)8-11)10-1-3-12(23)4-2-10/h1-4,7-8,16,20,27-28H,5-6,9H2,(H,25,30)(H,26,29)/t16-,20+/m1/s1. The molecule has 30 heavy (non-hydrogen) atoms. The van der Waals surface area contributed by atoms with Crippen LogP contribution in [0.25, 0.3) is 22.2 Å². The van der Waals surface area contributed by atoms with E-state index in [0.29, 0.717) is 22.2 Å². The van der Waals surface area contributed by atoms with Crippen LogP contribution in [-0.2, 0) is 16.0 Å². The summed E-state index contributed by atoms with van der Waals surface area (Å²) in [6.07, 6.45) is -0.786. The number of H-pyrrole nitrogens is 1. The summed E-state index contributed by atoms with van der Waals surface area (Å²) >= 11 is 6.03. The van der Waals surface area contributed by atoms with E-state index in [4.69, 9.17) is 11.6 Å². The monoisotopic (exact) mass is 433 g/mol. The van der Waals surface area contributed by atoms with Gasteiger partial charge < -0.3 is 20.7 Å². The van der Waals surface area contributed by atoms with Crippen LogP contribution in [0.2, 0.25) is 5.02 Å². The van der Waals surface area contributed by atoms with Gasteiger partial charge in [0.25, 0.3) is 0 Å². The molecule has 156 valence electrons. The molecule has 1 saturated heterocycles. The average molecular weight is 434 g/mol. The summed E-state index contributed by atoms with van der Waals surface area (Å²) in [4.78, 5) is 27.1. The Morgan fingerprint density at radius 2 is 1.97 bits per heavy atom. The summed E-state index contributed by atoms with van der Waals surface area (Å²) in [6, 6.07) is 7.49. The molecule has 1 aliphatic rings. The lowest BCUT2D eigenvalue weighted by molar-refractivity contribution is -0.128. The topological polar surface area (TPSA) is 94.2 Å². The number of aromatic amines is 1. The SMILES string of the molecule is O=C(CCc1c(-c2ccc(F)cc2)[nH]c2c(F)cc(Cl)cc12)N[C@@H]1C(=O)NC[C@H]1O. The van der Waals surface area contributed by atoms with Crippen LogP contribution in [0.15, 0.2) is 36.4 Å². The van der Waals surface area contributed by atoms with Crippen LogP contribution in [-0.4, -0.2) is 40.6 Å². The van der Waals surface area contributed by atoms with Crippen molar-refractivity contribution < 1.29 is 23.5 Å². The fourth-order valence-corrected chi connectivity index (χ4v) is 3.85. The van der Waals surface area contributed by atoms with Gasteiger partial charge in [0.2, 0.25) is 11.8 Å². The Balaban J connectivity index is 1.64. The first-order chi connectivity index (χ1) is 14.3. The van der Waals surface area contributed by atoms with E-state index >= 15 is 0 Å². The van der Waals surface area contributed by atoms with Crippen molar-refractivity contribution in [3.63, 3.8) is 0 Å². The zero-order valence-corrected chi connectivity index (χ0v) is 16.4. The number of amides is 2. The second kappa shape index (κ2) is 8.04. The van der Waals surface area contributed by atoms with Gasteiger partial charge in [0.05, 0.1) is 5.52 Å². The van der Waals surface area contributed by atoms with E-state index in [1.165, 1.54) is 18.2 Å². The van der Waals surface area contributed by atoms with Crippen LogP contribution in [0, 0.1) is 11.6 Å². The Hall–Kier alpha value is -2.97. The van der Waals surface area contributed by atoms with Crippen molar-refractivity contribution in [3.8, 4) is 11.3 Å². The fraction of sp³-hybridized carbons (Fsp3) is 0.238. The number of hydrogen-bond donors (Lipinski definition) is 4. The van der Waals surface area contributed by atoms with Gasteiger partial charge in [0.1, 0.15) is 23.8 Å². The van der Waals surface area contributed by atoms with E-state index in [-0.39, 0.29) is 29.9 Å². The van der Waals surface area contributed by atoms with Crippen LogP contribution in [0.3, 0.4) is 0 Å². The Kier molecular flexibility index (Phi) is 5.44. The number of aliphatic hydroxyl groups is 1. The zero-order valence-electron chi connectivity index (χ0n) is 15.6. The number of aliphatic hydroxyl groups excluding tert-OH is 1. The number of hydrogen-bond acceptors (Lipinski definition) is 3. The average Bonchev–Trinajstić information content (AvgIpc) is 3.22. The van der Waals surface area contributed by atoms with E-state index in [1.807, 2.05) is 0 Å². The summed E-state index contributed by atoms with van der Waals surface area (Å²) in [5, 5.41) is 15.5. The van der Waals surface area contributed by atoms with E-state index in [1.54, 1.807) is 18.2 Å². The molecule has 1 aliphatic heterocycles. The molecular formula is C21H18ClF2N3O3. The summed E-state index contributed by atoms with van der Waals surface area (Å²) in [5.74, 6) is -1.82. The number of carbonyl (C=O) groups is 2. The maximum atomic E-state index is 14.4. The summed E-state index contributed by atoms with van der Waals surface area (Å²) < 4.78 is 27.8. The van der Waals surface area contributed by atoms with Crippen LogP contribution < -0.4 is 10.6 Å². The Morgan fingerprint density at radius 3 is 2.63 bits per heavy atom. The molecule has 3 aromatic rings. The van der Waals surface area contributed by atoms with Crippen LogP contribution in [0.1, 0.15) is 12.0 Å². The largest absolute Gasteiger partial charge is 0.389 e. The van der Waals surface area contributed by atoms with E-state index in [2.05, 4.69) is 15.6 Å². The fourth-order valence-electron chi connectivity index (χ4n) is 3.65. The Labute approximate surface area is 175 Å². The quantitative estimate of drug-likeness (QED) is 0.498. The predicted molar refractivity (Wildman–Crippen MR) is 108 cm³/mol. The van der Waals surface area contributed by atoms with Crippen molar-refractivity contribution in [1.29, 1.82) is 0 Å². The maximum Gasteiger partial charge on any atom is 0.245 e. The minimum Gasteiger partial charge on any atom is -0.389 e. The molecule has 0 spiro atoms.